The molecule has 0 N–H and O–H groups in total. The summed E-state index contributed by atoms with van der Waals surface area (Å²) in [7, 11) is 0. The molecule has 2 aromatic heterocycles. The summed E-state index contributed by atoms with van der Waals surface area (Å²) < 4.78 is 31.5. The van der Waals surface area contributed by atoms with Crippen molar-refractivity contribution in [2.45, 2.75) is 45.3 Å². The van der Waals surface area contributed by atoms with Crippen molar-refractivity contribution in [3.8, 4) is 18.2 Å². The molecule has 2 aromatic rings. The number of alkyl halides is 2. The van der Waals surface area contributed by atoms with Crippen LogP contribution in [0.3, 0.4) is 0 Å². The predicted octanol–water partition coefficient (Wildman–Crippen LogP) is 4.70. The summed E-state index contributed by atoms with van der Waals surface area (Å²) in [4.78, 5) is 6.10. The van der Waals surface area contributed by atoms with E-state index < -0.39 is 6.43 Å². The van der Waals surface area contributed by atoms with E-state index in [2.05, 4.69) is 38.0 Å². The first-order valence-electron chi connectivity index (χ1n) is 10.8. The second-order valence-corrected chi connectivity index (χ2v) is 7.93. The SMILES string of the molecule is C#CCN(/C=C(\C=C)c1ccc(OCC2C(C)N=NN2c2ccc(C(F)F)cn2)nn1)C(C)C. The van der Waals surface area contributed by atoms with E-state index in [0.717, 1.165) is 11.8 Å². The van der Waals surface area contributed by atoms with Gasteiger partial charge in [-0.05, 0) is 39.0 Å². The van der Waals surface area contributed by atoms with Gasteiger partial charge < -0.3 is 9.64 Å². The quantitative estimate of drug-likeness (QED) is 0.372. The minimum absolute atomic E-state index is 0.153. The van der Waals surface area contributed by atoms with Crippen LogP contribution >= 0.6 is 0 Å². The van der Waals surface area contributed by atoms with E-state index in [1.807, 2.05) is 31.9 Å². The molecule has 2 atom stereocenters. The van der Waals surface area contributed by atoms with E-state index in [0.29, 0.717) is 23.9 Å². The zero-order chi connectivity index (χ0) is 24.7. The Bertz CT molecular complexity index is 1060. The lowest BCUT2D eigenvalue weighted by molar-refractivity contribution is 0.151. The highest BCUT2D eigenvalue weighted by atomic mass is 19.3. The molecule has 3 heterocycles. The molecule has 0 radical (unpaired) electrons. The molecule has 0 saturated carbocycles. The number of allylic oxidation sites excluding steroid dienone is 2. The van der Waals surface area contributed by atoms with E-state index in [1.165, 1.54) is 12.1 Å². The van der Waals surface area contributed by atoms with Crippen molar-refractivity contribution in [1.29, 1.82) is 0 Å². The van der Waals surface area contributed by atoms with Crippen LogP contribution in [0.1, 0.15) is 38.5 Å². The van der Waals surface area contributed by atoms with E-state index in [1.54, 1.807) is 23.2 Å². The normalized spacial score (nSPS) is 17.8. The molecule has 0 saturated heterocycles. The highest BCUT2D eigenvalue weighted by molar-refractivity contribution is 5.70. The minimum atomic E-state index is -2.58. The van der Waals surface area contributed by atoms with Gasteiger partial charge in [-0.2, -0.15) is 5.11 Å². The topological polar surface area (TPSA) is 79.1 Å². The lowest BCUT2D eigenvalue weighted by Gasteiger charge is -2.23. The molecule has 0 spiro atoms. The molecular weight excluding hydrogens is 440 g/mol. The van der Waals surface area contributed by atoms with Gasteiger partial charge in [0.25, 0.3) is 6.43 Å². The second kappa shape index (κ2) is 11.3. The molecule has 0 fully saturated rings. The molecule has 3 rings (SSSR count). The number of terminal acetylenes is 1. The van der Waals surface area contributed by atoms with E-state index in [9.17, 15) is 8.78 Å². The van der Waals surface area contributed by atoms with Gasteiger partial charge in [0.1, 0.15) is 12.6 Å². The average molecular weight is 468 g/mol. The number of aromatic nitrogens is 3. The molecule has 2 unspecified atom stereocenters. The van der Waals surface area contributed by atoms with E-state index in [4.69, 9.17) is 11.2 Å². The van der Waals surface area contributed by atoms with E-state index in [-0.39, 0.29) is 30.3 Å². The van der Waals surface area contributed by atoms with Gasteiger partial charge in [-0.1, -0.05) is 23.8 Å². The monoisotopic (exact) mass is 467 g/mol. The first-order valence-corrected chi connectivity index (χ1v) is 10.8. The van der Waals surface area contributed by atoms with Crippen LogP contribution in [-0.2, 0) is 0 Å². The zero-order valence-electron chi connectivity index (χ0n) is 19.3. The van der Waals surface area contributed by atoms with Gasteiger partial charge in [-0.25, -0.2) is 18.8 Å². The van der Waals surface area contributed by atoms with Crippen molar-refractivity contribution >= 4 is 11.4 Å². The van der Waals surface area contributed by atoms with Gasteiger partial charge in [0.15, 0.2) is 5.82 Å². The van der Waals surface area contributed by atoms with Crippen LogP contribution in [0.15, 0.2) is 59.7 Å². The van der Waals surface area contributed by atoms with Gasteiger partial charge >= 0.3 is 0 Å². The Morgan fingerprint density at radius 3 is 2.65 bits per heavy atom. The van der Waals surface area contributed by atoms with Crippen molar-refractivity contribution < 1.29 is 13.5 Å². The predicted molar refractivity (Wildman–Crippen MR) is 126 cm³/mol. The Labute approximate surface area is 198 Å². The Morgan fingerprint density at radius 2 is 2.09 bits per heavy atom. The molecule has 0 aromatic carbocycles. The van der Waals surface area contributed by atoms with Crippen molar-refractivity contribution in [3.63, 3.8) is 0 Å². The molecule has 178 valence electrons. The minimum Gasteiger partial charge on any atom is -0.474 e. The van der Waals surface area contributed by atoms with Crippen LogP contribution in [0.5, 0.6) is 5.88 Å². The molecule has 0 aliphatic carbocycles. The third kappa shape index (κ3) is 5.92. The summed E-state index contributed by atoms with van der Waals surface area (Å²) in [6.45, 7) is 10.5. The Balaban J connectivity index is 1.68. The van der Waals surface area contributed by atoms with Crippen LogP contribution in [0.25, 0.3) is 5.57 Å². The van der Waals surface area contributed by atoms with Gasteiger partial charge in [-0.3, -0.25) is 0 Å². The highest BCUT2D eigenvalue weighted by Crippen LogP contribution is 2.27. The van der Waals surface area contributed by atoms with Crippen molar-refractivity contribution in [2.75, 3.05) is 18.2 Å². The fourth-order valence-electron chi connectivity index (χ4n) is 3.18. The summed E-state index contributed by atoms with van der Waals surface area (Å²) in [6.07, 6.45) is 7.63. The molecule has 10 heteroatoms. The summed E-state index contributed by atoms with van der Waals surface area (Å²) in [6, 6.07) is 6.07. The number of pyridine rings is 1. The Morgan fingerprint density at radius 1 is 1.29 bits per heavy atom. The third-order valence-corrected chi connectivity index (χ3v) is 5.26. The molecule has 1 aliphatic heterocycles. The molecular formula is C24H27F2N7O. The first kappa shape index (κ1) is 24.8. The number of halogens is 2. The Hall–Kier alpha value is -3.87. The van der Waals surface area contributed by atoms with Gasteiger partial charge in [0.05, 0.1) is 18.3 Å². The summed E-state index contributed by atoms with van der Waals surface area (Å²) in [5, 5.41) is 18.3. The number of hydrogen-bond donors (Lipinski definition) is 0. The summed E-state index contributed by atoms with van der Waals surface area (Å²) >= 11 is 0. The lowest BCUT2D eigenvalue weighted by Crippen LogP contribution is -2.39. The van der Waals surface area contributed by atoms with Gasteiger partial charge in [0.2, 0.25) is 5.88 Å². The highest BCUT2D eigenvalue weighted by Gasteiger charge is 2.32. The lowest BCUT2D eigenvalue weighted by atomic mass is 10.1. The second-order valence-electron chi connectivity index (χ2n) is 7.93. The number of ether oxygens (including phenoxy) is 1. The maximum absolute atomic E-state index is 12.8. The fourth-order valence-corrected chi connectivity index (χ4v) is 3.18. The smallest absolute Gasteiger partial charge is 0.265 e. The Kier molecular flexibility index (Phi) is 8.24. The van der Waals surface area contributed by atoms with Crippen LogP contribution < -0.4 is 9.75 Å². The average Bonchev–Trinajstić information content (AvgIpc) is 3.21. The summed E-state index contributed by atoms with van der Waals surface area (Å²) in [5.41, 5.74) is 1.27. The molecule has 34 heavy (non-hydrogen) atoms. The van der Waals surface area contributed by atoms with Gasteiger partial charge in [0, 0.05) is 35.6 Å². The van der Waals surface area contributed by atoms with Crippen LogP contribution in [0.4, 0.5) is 14.6 Å². The molecule has 1 aliphatic rings. The van der Waals surface area contributed by atoms with Crippen LogP contribution in [0.2, 0.25) is 0 Å². The number of hydrogen-bond acceptors (Lipinski definition) is 8. The maximum Gasteiger partial charge on any atom is 0.265 e. The van der Waals surface area contributed by atoms with Crippen LogP contribution in [-0.4, -0.2) is 51.4 Å². The first-order chi connectivity index (χ1) is 16.3. The van der Waals surface area contributed by atoms with E-state index >= 15 is 0 Å². The van der Waals surface area contributed by atoms with Crippen molar-refractivity contribution in [2.24, 2.45) is 10.3 Å². The number of nitrogens with zero attached hydrogens (tertiary/aromatic N) is 7. The molecule has 8 nitrogen and oxygen atoms in total. The zero-order valence-corrected chi connectivity index (χ0v) is 19.3. The standard InChI is InChI=1S/C24H27F2N7O/c1-6-12-32(16(3)4)14-18(7-2)20-9-11-23(30-29-20)34-15-21-17(5)28-31-33(21)22-10-8-19(13-27-22)24(25)26/h1,7-11,13-14,16-17,21,24H,2,12,15H2,3-5H3/b18-14+. The third-order valence-electron chi connectivity index (χ3n) is 5.26. The molecule has 0 bridgehead atoms. The fraction of sp³-hybridized carbons (Fsp3) is 0.375. The van der Waals surface area contributed by atoms with Crippen molar-refractivity contribution in [3.05, 3.63) is 60.6 Å². The number of rotatable bonds is 10. The maximum atomic E-state index is 12.8. The van der Waals surface area contributed by atoms with Crippen LogP contribution in [0, 0.1) is 12.3 Å². The van der Waals surface area contributed by atoms with Gasteiger partial charge in [-0.15, -0.1) is 16.6 Å². The molecule has 0 amide bonds. The summed E-state index contributed by atoms with van der Waals surface area (Å²) in [5.74, 6) is 3.39. The largest absolute Gasteiger partial charge is 0.474 e. The number of anilines is 1. The van der Waals surface area contributed by atoms with Crippen molar-refractivity contribution in [1.82, 2.24) is 20.1 Å².